The van der Waals surface area contributed by atoms with Gasteiger partial charge in [0.25, 0.3) is 5.91 Å². The number of rotatable bonds is 5. The number of carbonyl (C=O) groups is 2. The molecule has 1 fully saturated rings. The maximum atomic E-state index is 12.3. The van der Waals surface area contributed by atoms with E-state index in [2.05, 4.69) is 45.5 Å². The first-order valence-corrected chi connectivity index (χ1v) is 9.26. The van der Waals surface area contributed by atoms with Gasteiger partial charge in [0, 0.05) is 13.1 Å². The Hall–Kier alpha value is -2.08. The molecular weight excluding hydrogens is 384 g/mol. The number of furan rings is 1. The summed E-state index contributed by atoms with van der Waals surface area (Å²) in [5, 5.41) is 2.62. The SMILES string of the molecule is O=C(NCC(=O)N1CCC(Cc2ccccc2)CC1)c1ccc(Br)o1. The molecule has 2 amide bonds. The second-order valence-electron chi connectivity index (χ2n) is 6.30. The third-order valence-corrected chi connectivity index (χ3v) is 4.96. The molecule has 2 heterocycles. The van der Waals surface area contributed by atoms with Gasteiger partial charge in [-0.25, -0.2) is 0 Å². The van der Waals surface area contributed by atoms with Crippen LogP contribution < -0.4 is 5.32 Å². The molecule has 3 rings (SSSR count). The first-order chi connectivity index (χ1) is 12.1. The molecule has 132 valence electrons. The van der Waals surface area contributed by atoms with E-state index in [-0.39, 0.29) is 24.1 Å². The van der Waals surface area contributed by atoms with E-state index in [4.69, 9.17) is 4.42 Å². The average Bonchev–Trinajstić information content (AvgIpc) is 3.07. The van der Waals surface area contributed by atoms with Crippen LogP contribution in [0.1, 0.15) is 29.0 Å². The highest BCUT2D eigenvalue weighted by Crippen LogP contribution is 2.21. The van der Waals surface area contributed by atoms with E-state index in [9.17, 15) is 9.59 Å². The van der Waals surface area contributed by atoms with Crippen molar-refractivity contribution in [2.45, 2.75) is 19.3 Å². The van der Waals surface area contributed by atoms with Gasteiger partial charge in [0.05, 0.1) is 6.54 Å². The van der Waals surface area contributed by atoms with Crippen molar-refractivity contribution < 1.29 is 14.0 Å². The highest BCUT2D eigenvalue weighted by Gasteiger charge is 2.23. The van der Waals surface area contributed by atoms with Gasteiger partial charge in [-0.05, 0) is 58.8 Å². The topological polar surface area (TPSA) is 62.6 Å². The van der Waals surface area contributed by atoms with Crippen LogP contribution >= 0.6 is 15.9 Å². The van der Waals surface area contributed by atoms with Crippen molar-refractivity contribution in [3.05, 3.63) is 58.5 Å². The Morgan fingerprint density at radius 1 is 1.12 bits per heavy atom. The largest absolute Gasteiger partial charge is 0.444 e. The minimum atomic E-state index is -0.377. The predicted octanol–water partition coefficient (Wildman–Crippen LogP) is 3.25. The summed E-state index contributed by atoms with van der Waals surface area (Å²) >= 11 is 3.15. The number of halogens is 1. The highest BCUT2D eigenvalue weighted by atomic mass is 79.9. The van der Waals surface area contributed by atoms with Crippen LogP contribution in [0.2, 0.25) is 0 Å². The van der Waals surface area contributed by atoms with Crippen molar-refractivity contribution in [1.29, 1.82) is 0 Å². The van der Waals surface area contributed by atoms with Crippen LogP contribution in [-0.4, -0.2) is 36.3 Å². The van der Waals surface area contributed by atoms with Gasteiger partial charge in [-0.3, -0.25) is 9.59 Å². The van der Waals surface area contributed by atoms with Crippen molar-refractivity contribution in [1.82, 2.24) is 10.2 Å². The molecule has 25 heavy (non-hydrogen) atoms. The molecule has 6 heteroatoms. The molecule has 0 spiro atoms. The third kappa shape index (κ3) is 4.95. The molecule has 0 bridgehead atoms. The maximum Gasteiger partial charge on any atom is 0.287 e. The van der Waals surface area contributed by atoms with Crippen LogP contribution in [0.3, 0.4) is 0 Å². The van der Waals surface area contributed by atoms with Gasteiger partial charge in [0.15, 0.2) is 10.4 Å². The Morgan fingerprint density at radius 3 is 2.48 bits per heavy atom. The van der Waals surface area contributed by atoms with Gasteiger partial charge < -0.3 is 14.6 Å². The Balaban J connectivity index is 1.41. The minimum Gasteiger partial charge on any atom is -0.444 e. The smallest absolute Gasteiger partial charge is 0.287 e. The average molecular weight is 405 g/mol. The summed E-state index contributed by atoms with van der Waals surface area (Å²) in [7, 11) is 0. The first kappa shape index (κ1) is 17.7. The number of amides is 2. The normalized spacial score (nSPS) is 15.2. The molecule has 0 atom stereocenters. The number of hydrogen-bond donors (Lipinski definition) is 1. The van der Waals surface area contributed by atoms with Crippen LogP contribution in [0.15, 0.2) is 51.6 Å². The van der Waals surface area contributed by atoms with E-state index in [1.165, 1.54) is 5.56 Å². The lowest BCUT2D eigenvalue weighted by atomic mass is 9.90. The number of nitrogens with one attached hydrogen (secondary N) is 1. The summed E-state index contributed by atoms with van der Waals surface area (Å²) in [4.78, 5) is 26.0. The first-order valence-electron chi connectivity index (χ1n) is 8.47. The molecule has 1 N–H and O–H groups in total. The summed E-state index contributed by atoms with van der Waals surface area (Å²) in [6.45, 7) is 1.50. The fourth-order valence-electron chi connectivity index (χ4n) is 3.13. The summed E-state index contributed by atoms with van der Waals surface area (Å²) in [5.41, 5.74) is 1.35. The van der Waals surface area contributed by atoms with Gasteiger partial charge in [-0.15, -0.1) is 0 Å². The molecular formula is C19H21BrN2O3. The van der Waals surface area contributed by atoms with Crippen molar-refractivity contribution in [3.63, 3.8) is 0 Å². The van der Waals surface area contributed by atoms with Crippen molar-refractivity contribution in [2.24, 2.45) is 5.92 Å². The zero-order chi connectivity index (χ0) is 17.6. The summed E-state index contributed by atoms with van der Waals surface area (Å²) in [6.07, 6.45) is 3.06. The second kappa shape index (κ2) is 8.34. The van der Waals surface area contributed by atoms with Crippen molar-refractivity contribution >= 4 is 27.7 Å². The maximum absolute atomic E-state index is 12.3. The number of benzene rings is 1. The van der Waals surface area contributed by atoms with Crippen molar-refractivity contribution in [3.8, 4) is 0 Å². The molecule has 1 aliphatic rings. The molecule has 1 saturated heterocycles. The molecule has 0 radical (unpaired) electrons. The van der Waals surface area contributed by atoms with Gasteiger partial charge in [0.2, 0.25) is 5.91 Å². The monoisotopic (exact) mass is 404 g/mol. The van der Waals surface area contributed by atoms with Gasteiger partial charge in [0.1, 0.15) is 0 Å². The lowest BCUT2D eigenvalue weighted by Crippen LogP contribution is -2.44. The molecule has 1 aromatic carbocycles. The number of piperidine rings is 1. The Bertz CT molecular complexity index is 721. The molecule has 0 unspecified atom stereocenters. The number of likely N-dealkylation sites (tertiary alicyclic amines) is 1. The van der Waals surface area contributed by atoms with Gasteiger partial charge >= 0.3 is 0 Å². The van der Waals surface area contributed by atoms with Crippen LogP contribution in [0.4, 0.5) is 0 Å². The Kier molecular flexibility index (Phi) is 5.91. The summed E-state index contributed by atoms with van der Waals surface area (Å²) < 4.78 is 5.66. The Morgan fingerprint density at radius 2 is 1.84 bits per heavy atom. The number of carbonyl (C=O) groups excluding carboxylic acids is 2. The van der Waals surface area contributed by atoms with E-state index >= 15 is 0 Å². The minimum absolute atomic E-state index is 0.000500. The van der Waals surface area contributed by atoms with E-state index in [0.29, 0.717) is 10.6 Å². The summed E-state index contributed by atoms with van der Waals surface area (Å²) in [6, 6.07) is 13.7. The Labute approximate surface area is 155 Å². The fourth-order valence-corrected chi connectivity index (χ4v) is 3.43. The molecule has 5 nitrogen and oxygen atoms in total. The van der Waals surface area contributed by atoms with E-state index in [0.717, 1.165) is 32.4 Å². The molecule has 1 aromatic heterocycles. The zero-order valence-corrected chi connectivity index (χ0v) is 15.5. The highest BCUT2D eigenvalue weighted by molar-refractivity contribution is 9.10. The van der Waals surface area contributed by atoms with Crippen LogP contribution in [0, 0.1) is 5.92 Å². The molecule has 0 saturated carbocycles. The lowest BCUT2D eigenvalue weighted by Gasteiger charge is -2.32. The van der Waals surface area contributed by atoms with E-state index in [1.54, 1.807) is 12.1 Å². The van der Waals surface area contributed by atoms with E-state index < -0.39 is 0 Å². The second-order valence-corrected chi connectivity index (χ2v) is 7.08. The van der Waals surface area contributed by atoms with Gasteiger partial charge in [-0.1, -0.05) is 30.3 Å². The quantitative estimate of drug-likeness (QED) is 0.831. The molecule has 1 aliphatic heterocycles. The van der Waals surface area contributed by atoms with Crippen LogP contribution in [0.5, 0.6) is 0 Å². The van der Waals surface area contributed by atoms with Crippen LogP contribution in [0.25, 0.3) is 0 Å². The zero-order valence-electron chi connectivity index (χ0n) is 13.9. The predicted molar refractivity (Wildman–Crippen MR) is 98.2 cm³/mol. The standard InChI is InChI=1S/C19H21BrN2O3/c20-17-7-6-16(25-17)19(24)21-13-18(23)22-10-8-15(9-11-22)12-14-4-2-1-3-5-14/h1-7,15H,8-13H2,(H,21,24). The molecule has 0 aliphatic carbocycles. The van der Waals surface area contributed by atoms with E-state index in [1.807, 2.05) is 11.0 Å². The number of hydrogen-bond acceptors (Lipinski definition) is 3. The van der Waals surface area contributed by atoms with Crippen molar-refractivity contribution in [2.75, 3.05) is 19.6 Å². The van der Waals surface area contributed by atoms with Gasteiger partial charge in [-0.2, -0.15) is 0 Å². The number of nitrogens with zero attached hydrogens (tertiary/aromatic N) is 1. The van der Waals surface area contributed by atoms with Crippen LogP contribution in [-0.2, 0) is 11.2 Å². The fraction of sp³-hybridized carbons (Fsp3) is 0.368. The third-order valence-electron chi connectivity index (χ3n) is 4.53. The summed E-state index contributed by atoms with van der Waals surface area (Å²) in [5.74, 6) is 0.387. The lowest BCUT2D eigenvalue weighted by molar-refractivity contribution is -0.131. The molecule has 2 aromatic rings.